The number of fused-ring (bicyclic) bond motifs is 1. The number of aryl methyl sites for hydroxylation is 1. The van der Waals surface area contributed by atoms with Crippen molar-refractivity contribution in [2.45, 2.75) is 13.0 Å². The summed E-state index contributed by atoms with van der Waals surface area (Å²) in [6, 6.07) is 13.1. The Hall–Kier alpha value is -2.37. The third-order valence-corrected chi connectivity index (χ3v) is 5.22. The Bertz CT molecular complexity index is 899. The normalized spacial score (nSPS) is 17.0. The first-order valence-electron chi connectivity index (χ1n) is 9.09. The molecule has 1 aliphatic heterocycles. The molecular formula is C21H24FN3O. The van der Waals surface area contributed by atoms with Gasteiger partial charge < -0.3 is 15.0 Å². The minimum atomic E-state index is -0.537. The van der Waals surface area contributed by atoms with Crippen molar-refractivity contribution in [1.82, 2.24) is 9.88 Å². The lowest BCUT2D eigenvalue weighted by atomic mass is 10.1. The minimum Gasteiger partial charge on any atom is -0.387 e. The highest BCUT2D eigenvalue weighted by Gasteiger charge is 2.22. The smallest absolute Gasteiger partial charge is 0.146 e. The first-order chi connectivity index (χ1) is 12.6. The number of benzene rings is 2. The minimum absolute atomic E-state index is 0.171. The van der Waals surface area contributed by atoms with Crippen molar-refractivity contribution in [3.8, 4) is 0 Å². The lowest BCUT2D eigenvalue weighted by molar-refractivity contribution is 0.110. The van der Waals surface area contributed by atoms with Crippen LogP contribution in [0.1, 0.15) is 17.2 Å². The van der Waals surface area contributed by atoms with Crippen LogP contribution in [-0.2, 0) is 0 Å². The number of rotatable bonds is 4. The summed E-state index contributed by atoms with van der Waals surface area (Å²) in [6.07, 6.45) is 1.37. The van der Waals surface area contributed by atoms with Crippen LogP contribution < -0.4 is 4.90 Å². The highest BCUT2D eigenvalue weighted by Crippen LogP contribution is 2.26. The second-order valence-corrected chi connectivity index (χ2v) is 7.05. The fourth-order valence-corrected chi connectivity index (χ4v) is 3.75. The average Bonchev–Trinajstić information content (AvgIpc) is 3.06. The number of aromatic amines is 1. The van der Waals surface area contributed by atoms with Gasteiger partial charge in [0.2, 0.25) is 0 Å². The Kier molecular flexibility index (Phi) is 4.66. The summed E-state index contributed by atoms with van der Waals surface area (Å²) in [6.45, 7) is 5.80. The van der Waals surface area contributed by atoms with Crippen LogP contribution in [0.4, 0.5) is 10.1 Å². The molecule has 1 unspecified atom stereocenters. The van der Waals surface area contributed by atoms with Gasteiger partial charge >= 0.3 is 0 Å². The maximum Gasteiger partial charge on any atom is 0.146 e. The Balaban J connectivity index is 1.41. The molecule has 1 saturated heterocycles. The van der Waals surface area contributed by atoms with E-state index in [1.807, 2.05) is 24.4 Å². The lowest BCUT2D eigenvalue weighted by Crippen LogP contribution is -2.47. The number of β-amino-alcohol motifs (C(OH)–C–C–N with tert-alkyl or cyclic N) is 1. The predicted octanol–water partition coefficient (Wildman–Crippen LogP) is 3.47. The van der Waals surface area contributed by atoms with Crippen molar-refractivity contribution in [1.29, 1.82) is 0 Å². The zero-order valence-corrected chi connectivity index (χ0v) is 15.0. The molecule has 1 fully saturated rings. The molecule has 1 atom stereocenters. The monoisotopic (exact) mass is 353 g/mol. The van der Waals surface area contributed by atoms with Gasteiger partial charge in [-0.05, 0) is 31.2 Å². The summed E-state index contributed by atoms with van der Waals surface area (Å²) < 4.78 is 13.9. The number of nitrogens with one attached hydrogen (secondary N) is 1. The van der Waals surface area contributed by atoms with E-state index in [-0.39, 0.29) is 5.82 Å². The summed E-state index contributed by atoms with van der Waals surface area (Å²) in [5.74, 6) is -0.171. The van der Waals surface area contributed by atoms with Gasteiger partial charge in [0.15, 0.2) is 0 Å². The molecule has 0 bridgehead atoms. The fraction of sp³-hybridized carbons (Fsp3) is 0.333. The molecule has 136 valence electrons. The maximum atomic E-state index is 13.9. The number of anilines is 1. The van der Waals surface area contributed by atoms with Crippen LogP contribution in [0.3, 0.4) is 0 Å². The van der Waals surface area contributed by atoms with E-state index < -0.39 is 6.10 Å². The van der Waals surface area contributed by atoms with Crippen LogP contribution in [0.2, 0.25) is 0 Å². The molecular weight excluding hydrogens is 329 g/mol. The second-order valence-electron chi connectivity index (χ2n) is 7.05. The molecule has 2 aromatic carbocycles. The van der Waals surface area contributed by atoms with Gasteiger partial charge in [0.05, 0.1) is 11.8 Å². The Morgan fingerprint density at radius 1 is 1.12 bits per heavy atom. The number of H-pyrrole nitrogens is 1. The van der Waals surface area contributed by atoms with Crippen molar-refractivity contribution < 1.29 is 9.50 Å². The van der Waals surface area contributed by atoms with Gasteiger partial charge in [-0.1, -0.05) is 23.8 Å². The summed E-state index contributed by atoms with van der Waals surface area (Å²) >= 11 is 0. The molecule has 0 radical (unpaired) electrons. The van der Waals surface area contributed by atoms with Gasteiger partial charge in [-0.3, -0.25) is 4.90 Å². The number of aliphatic hydroxyl groups is 1. The quantitative estimate of drug-likeness (QED) is 0.755. The van der Waals surface area contributed by atoms with Crippen LogP contribution >= 0.6 is 0 Å². The summed E-state index contributed by atoms with van der Waals surface area (Å²) in [5.41, 5.74) is 3.85. The molecule has 1 aliphatic rings. The number of piperazine rings is 1. The second kappa shape index (κ2) is 7.09. The Morgan fingerprint density at radius 2 is 1.88 bits per heavy atom. The van der Waals surface area contributed by atoms with E-state index >= 15 is 0 Å². The van der Waals surface area contributed by atoms with Crippen molar-refractivity contribution in [3.63, 3.8) is 0 Å². The molecule has 5 heteroatoms. The third kappa shape index (κ3) is 3.32. The van der Waals surface area contributed by atoms with Gasteiger partial charge in [-0.15, -0.1) is 0 Å². The van der Waals surface area contributed by atoms with E-state index in [1.54, 1.807) is 6.07 Å². The zero-order chi connectivity index (χ0) is 18.1. The first-order valence-corrected chi connectivity index (χ1v) is 9.09. The lowest BCUT2D eigenvalue weighted by Gasteiger charge is -2.37. The largest absolute Gasteiger partial charge is 0.387 e. The summed E-state index contributed by atoms with van der Waals surface area (Å²) in [4.78, 5) is 7.56. The number of para-hydroxylation sites is 1. The van der Waals surface area contributed by atoms with Crippen LogP contribution in [-0.4, -0.2) is 47.7 Å². The molecule has 1 aromatic heterocycles. The Morgan fingerprint density at radius 3 is 2.65 bits per heavy atom. The van der Waals surface area contributed by atoms with Gasteiger partial charge in [-0.25, -0.2) is 4.39 Å². The predicted molar refractivity (Wildman–Crippen MR) is 103 cm³/mol. The van der Waals surface area contributed by atoms with Crippen LogP contribution in [0.5, 0.6) is 0 Å². The topological polar surface area (TPSA) is 42.5 Å². The number of aromatic nitrogens is 1. The molecule has 4 nitrogen and oxygen atoms in total. The number of hydrogen-bond acceptors (Lipinski definition) is 3. The van der Waals surface area contributed by atoms with Crippen molar-refractivity contribution >= 4 is 16.6 Å². The fourth-order valence-electron chi connectivity index (χ4n) is 3.75. The van der Waals surface area contributed by atoms with E-state index in [0.717, 1.165) is 42.6 Å². The molecule has 26 heavy (non-hydrogen) atoms. The van der Waals surface area contributed by atoms with E-state index in [1.165, 1.54) is 11.6 Å². The van der Waals surface area contributed by atoms with Gasteiger partial charge in [0.25, 0.3) is 0 Å². The maximum absolute atomic E-state index is 13.9. The van der Waals surface area contributed by atoms with E-state index in [9.17, 15) is 9.50 Å². The van der Waals surface area contributed by atoms with E-state index in [4.69, 9.17) is 0 Å². The van der Waals surface area contributed by atoms with Gasteiger partial charge in [0.1, 0.15) is 5.82 Å². The standard InChI is InChI=1S/C21H24FN3O/c1-15-6-7-19-16(12-15)17(13-23-19)21(26)14-24-8-10-25(11-9-24)20-5-3-2-4-18(20)22/h2-7,12-13,21,23,26H,8-11,14H2,1H3. The summed E-state index contributed by atoms with van der Waals surface area (Å²) in [5, 5.41) is 11.8. The zero-order valence-electron chi connectivity index (χ0n) is 15.0. The van der Waals surface area contributed by atoms with Crippen molar-refractivity contribution in [2.24, 2.45) is 0 Å². The number of aliphatic hydroxyl groups excluding tert-OH is 1. The SMILES string of the molecule is Cc1ccc2[nH]cc(C(O)CN3CCN(c4ccccc4F)CC3)c2c1. The molecule has 4 rings (SSSR count). The van der Waals surface area contributed by atoms with Crippen molar-refractivity contribution in [3.05, 3.63) is 65.6 Å². The third-order valence-electron chi connectivity index (χ3n) is 5.22. The van der Waals surface area contributed by atoms with Gasteiger partial charge in [-0.2, -0.15) is 0 Å². The highest BCUT2D eigenvalue weighted by molar-refractivity contribution is 5.84. The summed E-state index contributed by atoms with van der Waals surface area (Å²) in [7, 11) is 0. The number of hydrogen-bond donors (Lipinski definition) is 2. The Labute approximate surface area is 152 Å². The molecule has 2 heterocycles. The number of nitrogens with zero attached hydrogens (tertiary/aromatic N) is 2. The molecule has 2 N–H and O–H groups in total. The van der Waals surface area contributed by atoms with Crippen LogP contribution in [0, 0.1) is 12.7 Å². The molecule has 0 spiro atoms. The average molecular weight is 353 g/mol. The first kappa shape index (κ1) is 17.1. The van der Waals surface area contributed by atoms with E-state index in [2.05, 4.69) is 33.8 Å². The number of halogens is 1. The highest BCUT2D eigenvalue weighted by atomic mass is 19.1. The molecule has 0 saturated carbocycles. The van der Waals surface area contributed by atoms with Crippen LogP contribution in [0.15, 0.2) is 48.7 Å². The van der Waals surface area contributed by atoms with Crippen LogP contribution in [0.25, 0.3) is 10.9 Å². The van der Waals surface area contributed by atoms with Gasteiger partial charge in [0, 0.05) is 55.4 Å². The van der Waals surface area contributed by atoms with Crippen molar-refractivity contribution in [2.75, 3.05) is 37.6 Å². The molecule has 3 aromatic rings. The molecule has 0 amide bonds. The van der Waals surface area contributed by atoms with E-state index in [0.29, 0.717) is 12.2 Å². The molecule has 0 aliphatic carbocycles.